The Hall–Kier alpha value is -1.33. The summed E-state index contributed by atoms with van der Waals surface area (Å²) in [5.41, 5.74) is 0.808. The van der Waals surface area contributed by atoms with E-state index < -0.39 is 10.0 Å². The summed E-state index contributed by atoms with van der Waals surface area (Å²) in [5.74, 6) is 0. The van der Waals surface area contributed by atoms with Crippen molar-refractivity contribution in [3.05, 3.63) is 36.9 Å². The van der Waals surface area contributed by atoms with Crippen molar-refractivity contribution < 1.29 is 8.42 Å². The highest BCUT2D eigenvalue weighted by Crippen LogP contribution is 2.16. The van der Waals surface area contributed by atoms with Crippen LogP contribution in [0.3, 0.4) is 0 Å². The van der Waals surface area contributed by atoms with Crippen molar-refractivity contribution in [2.24, 2.45) is 0 Å². The van der Waals surface area contributed by atoms with E-state index >= 15 is 0 Å². The highest BCUT2D eigenvalue weighted by molar-refractivity contribution is 7.89. The molecule has 1 atom stereocenters. The Morgan fingerprint density at radius 2 is 2.17 bits per heavy atom. The summed E-state index contributed by atoms with van der Waals surface area (Å²) in [6.07, 6.45) is 3.77. The number of sulfonamides is 1. The maximum atomic E-state index is 11.7. The number of hydrogen-bond donors (Lipinski definition) is 2. The van der Waals surface area contributed by atoms with Gasteiger partial charge in [0.25, 0.3) is 0 Å². The van der Waals surface area contributed by atoms with Crippen LogP contribution in [-0.4, -0.2) is 21.5 Å². The molecule has 5 heteroatoms. The molecule has 0 spiro atoms. The predicted molar refractivity (Wildman–Crippen MR) is 75.2 cm³/mol. The van der Waals surface area contributed by atoms with Gasteiger partial charge in [0, 0.05) is 11.7 Å². The molecule has 2 N–H and O–H groups in total. The summed E-state index contributed by atoms with van der Waals surface area (Å²) in [7, 11) is -1.97. The smallest absolute Gasteiger partial charge is 0.240 e. The summed E-state index contributed by atoms with van der Waals surface area (Å²) in [4.78, 5) is 0.269. The Kier molecular flexibility index (Phi) is 5.37. The largest absolute Gasteiger partial charge is 0.383 e. The standard InChI is InChI=1S/C13H20N2O2S/c1-4-5-7-11(2)15-12-8-6-9-13(10-12)18(16,17)14-3/h4,6,8-11,14-15H,1,5,7H2,2-3H3. The van der Waals surface area contributed by atoms with E-state index in [0.717, 1.165) is 18.5 Å². The molecule has 0 aromatic heterocycles. The number of nitrogens with one attached hydrogen (secondary N) is 2. The van der Waals surface area contributed by atoms with Crippen molar-refractivity contribution >= 4 is 15.7 Å². The second-order valence-corrected chi connectivity index (χ2v) is 6.03. The third-order valence-electron chi connectivity index (χ3n) is 2.63. The van der Waals surface area contributed by atoms with E-state index in [2.05, 4.69) is 23.5 Å². The van der Waals surface area contributed by atoms with Gasteiger partial charge in [-0.15, -0.1) is 6.58 Å². The van der Waals surface area contributed by atoms with Gasteiger partial charge in [0.05, 0.1) is 4.90 Å². The maximum Gasteiger partial charge on any atom is 0.240 e. The third-order valence-corrected chi connectivity index (χ3v) is 4.04. The molecule has 0 heterocycles. The molecule has 1 unspecified atom stereocenters. The van der Waals surface area contributed by atoms with E-state index in [1.54, 1.807) is 18.2 Å². The average Bonchev–Trinajstić information content (AvgIpc) is 2.36. The van der Waals surface area contributed by atoms with E-state index in [1.807, 2.05) is 12.1 Å². The van der Waals surface area contributed by atoms with Gasteiger partial charge in [0.15, 0.2) is 0 Å². The van der Waals surface area contributed by atoms with Crippen LogP contribution < -0.4 is 10.0 Å². The molecule has 0 aliphatic heterocycles. The van der Waals surface area contributed by atoms with E-state index in [0.29, 0.717) is 0 Å². The first kappa shape index (κ1) is 14.7. The second kappa shape index (κ2) is 6.56. The lowest BCUT2D eigenvalue weighted by molar-refractivity contribution is 0.588. The van der Waals surface area contributed by atoms with Crippen LogP contribution in [0.25, 0.3) is 0 Å². The zero-order chi connectivity index (χ0) is 13.6. The van der Waals surface area contributed by atoms with Crippen molar-refractivity contribution in [3.8, 4) is 0 Å². The molecule has 4 nitrogen and oxygen atoms in total. The summed E-state index contributed by atoms with van der Waals surface area (Å²) >= 11 is 0. The maximum absolute atomic E-state index is 11.7. The topological polar surface area (TPSA) is 58.2 Å². The Labute approximate surface area is 109 Å². The second-order valence-electron chi connectivity index (χ2n) is 4.15. The minimum Gasteiger partial charge on any atom is -0.383 e. The molecule has 0 saturated carbocycles. The van der Waals surface area contributed by atoms with E-state index in [9.17, 15) is 8.42 Å². The fourth-order valence-electron chi connectivity index (χ4n) is 1.60. The van der Waals surface area contributed by atoms with Crippen molar-refractivity contribution in [2.75, 3.05) is 12.4 Å². The summed E-state index contributed by atoms with van der Waals surface area (Å²) in [6, 6.07) is 7.07. The van der Waals surface area contributed by atoms with Gasteiger partial charge in [-0.3, -0.25) is 0 Å². The highest BCUT2D eigenvalue weighted by atomic mass is 32.2. The molecule has 1 rings (SSSR count). The molecule has 100 valence electrons. The fraction of sp³-hybridized carbons (Fsp3) is 0.385. The number of allylic oxidation sites excluding steroid dienone is 1. The number of hydrogen-bond acceptors (Lipinski definition) is 3. The van der Waals surface area contributed by atoms with Crippen LogP contribution in [0.2, 0.25) is 0 Å². The molecule has 0 radical (unpaired) electrons. The number of rotatable bonds is 7. The highest BCUT2D eigenvalue weighted by Gasteiger charge is 2.11. The van der Waals surface area contributed by atoms with E-state index in [1.165, 1.54) is 7.05 Å². The molecule has 1 aromatic carbocycles. The Bertz CT molecular complexity index is 497. The van der Waals surface area contributed by atoms with Gasteiger partial charge in [-0.2, -0.15) is 0 Å². The van der Waals surface area contributed by atoms with Crippen LogP contribution in [0, 0.1) is 0 Å². The zero-order valence-electron chi connectivity index (χ0n) is 10.8. The van der Waals surface area contributed by atoms with Crippen molar-refractivity contribution in [2.45, 2.75) is 30.7 Å². The van der Waals surface area contributed by atoms with Gasteiger partial charge in [0.2, 0.25) is 10.0 Å². The molecule has 0 fully saturated rings. The molecular weight excluding hydrogens is 248 g/mol. The van der Waals surface area contributed by atoms with Gasteiger partial charge in [-0.05, 0) is 45.0 Å². The molecule has 18 heavy (non-hydrogen) atoms. The Morgan fingerprint density at radius 3 is 2.78 bits per heavy atom. The van der Waals surface area contributed by atoms with Crippen LogP contribution >= 0.6 is 0 Å². The number of anilines is 1. The van der Waals surface area contributed by atoms with Crippen LogP contribution in [0.4, 0.5) is 5.69 Å². The summed E-state index contributed by atoms with van der Waals surface area (Å²) < 4.78 is 25.6. The van der Waals surface area contributed by atoms with Gasteiger partial charge in [-0.1, -0.05) is 12.1 Å². The monoisotopic (exact) mass is 268 g/mol. The Morgan fingerprint density at radius 1 is 1.44 bits per heavy atom. The van der Waals surface area contributed by atoms with Crippen LogP contribution in [0.1, 0.15) is 19.8 Å². The first-order valence-corrected chi connectivity index (χ1v) is 7.39. The van der Waals surface area contributed by atoms with Gasteiger partial charge in [-0.25, -0.2) is 13.1 Å². The zero-order valence-corrected chi connectivity index (χ0v) is 11.6. The van der Waals surface area contributed by atoms with Crippen molar-refractivity contribution in [1.82, 2.24) is 4.72 Å². The Balaban J connectivity index is 2.80. The van der Waals surface area contributed by atoms with E-state index in [4.69, 9.17) is 0 Å². The number of benzene rings is 1. The van der Waals surface area contributed by atoms with Crippen LogP contribution in [0.15, 0.2) is 41.8 Å². The SMILES string of the molecule is C=CCCC(C)Nc1cccc(S(=O)(=O)NC)c1. The summed E-state index contributed by atoms with van der Waals surface area (Å²) in [6.45, 7) is 5.74. The first-order chi connectivity index (χ1) is 8.49. The first-order valence-electron chi connectivity index (χ1n) is 5.90. The minimum atomic E-state index is -3.38. The van der Waals surface area contributed by atoms with Gasteiger partial charge >= 0.3 is 0 Å². The van der Waals surface area contributed by atoms with Crippen molar-refractivity contribution in [1.29, 1.82) is 0 Å². The fourth-order valence-corrected chi connectivity index (χ4v) is 2.37. The molecule has 0 saturated heterocycles. The van der Waals surface area contributed by atoms with Crippen LogP contribution in [-0.2, 0) is 10.0 Å². The quantitative estimate of drug-likeness (QED) is 0.746. The molecule has 0 bridgehead atoms. The van der Waals surface area contributed by atoms with Gasteiger partial charge < -0.3 is 5.32 Å². The minimum absolute atomic E-state index is 0.269. The third kappa shape index (κ3) is 4.16. The lowest BCUT2D eigenvalue weighted by Crippen LogP contribution is -2.19. The predicted octanol–water partition coefficient (Wildman–Crippen LogP) is 2.36. The lowest BCUT2D eigenvalue weighted by Gasteiger charge is -2.15. The molecule has 0 aliphatic carbocycles. The molecule has 1 aromatic rings. The molecule has 0 aliphatic rings. The molecular formula is C13H20N2O2S. The van der Waals surface area contributed by atoms with Crippen LogP contribution in [0.5, 0.6) is 0 Å². The summed E-state index contributed by atoms with van der Waals surface area (Å²) in [5, 5.41) is 3.27. The lowest BCUT2D eigenvalue weighted by atomic mass is 10.1. The van der Waals surface area contributed by atoms with Crippen molar-refractivity contribution in [3.63, 3.8) is 0 Å². The molecule has 0 amide bonds. The normalized spacial score (nSPS) is 13.0. The average molecular weight is 268 g/mol. The van der Waals surface area contributed by atoms with Gasteiger partial charge in [0.1, 0.15) is 0 Å². The van der Waals surface area contributed by atoms with E-state index in [-0.39, 0.29) is 10.9 Å².